The van der Waals surface area contributed by atoms with Gasteiger partial charge in [0.15, 0.2) is 5.71 Å². The first-order valence-corrected chi connectivity index (χ1v) is 17.0. The number of rotatable bonds is 7. The molecule has 210 valence electrons. The summed E-state index contributed by atoms with van der Waals surface area (Å²) in [5.41, 5.74) is 10.6. The van der Waals surface area contributed by atoms with Crippen molar-refractivity contribution >= 4 is 73.9 Å². The number of allylic oxidation sites excluding steroid dienone is 8. The minimum Gasteiger partial charge on any atom is -0.344 e. The summed E-state index contributed by atoms with van der Waals surface area (Å²) in [6.07, 6.45) is 13.4. The molecule has 0 bridgehead atoms. The SMILES string of the molecule is CCCN1/C(=C/C=C2\CCC(/C=C/C3=[N+](CCC)c4ccc(I)cc4C3(C)C)=C2Cl)C(C)(C)c2cc(I)ccc21. The molecule has 0 aromatic heterocycles. The highest BCUT2D eigenvalue weighted by Crippen LogP contribution is 2.48. The lowest BCUT2D eigenvalue weighted by Gasteiger charge is -2.26. The van der Waals surface area contributed by atoms with Crippen molar-refractivity contribution in [1.82, 2.24) is 0 Å². The molecular formula is C35H40ClI2N2+. The van der Waals surface area contributed by atoms with Crippen LogP contribution in [0.15, 0.2) is 82.6 Å². The van der Waals surface area contributed by atoms with Gasteiger partial charge in [0.25, 0.3) is 0 Å². The van der Waals surface area contributed by atoms with Crippen molar-refractivity contribution in [2.75, 3.05) is 18.0 Å². The first kappa shape index (κ1) is 30.1. The predicted molar refractivity (Wildman–Crippen MR) is 190 cm³/mol. The lowest BCUT2D eigenvalue weighted by atomic mass is 9.81. The van der Waals surface area contributed by atoms with Gasteiger partial charge in [-0.1, -0.05) is 51.4 Å². The van der Waals surface area contributed by atoms with Gasteiger partial charge < -0.3 is 4.90 Å². The Kier molecular flexibility index (Phi) is 8.81. The van der Waals surface area contributed by atoms with E-state index >= 15 is 0 Å². The zero-order valence-electron chi connectivity index (χ0n) is 24.5. The van der Waals surface area contributed by atoms with E-state index in [2.05, 4.69) is 157 Å². The number of hydrogen-bond acceptors (Lipinski definition) is 1. The molecule has 0 saturated heterocycles. The summed E-state index contributed by atoms with van der Waals surface area (Å²) >= 11 is 11.9. The van der Waals surface area contributed by atoms with Gasteiger partial charge in [-0.15, -0.1) is 0 Å². The zero-order valence-corrected chi connectivity index (χ0v) is 29.6. The van der Waals surface area contributed by atoms with E-state index < -0.39 is 0 Å². The first-order valence-electron chi connectivity index (χ1n) is 14.5. The highest BCUT2D eigenvalue weighted by atomic mass is 127. The zero-order chi connectivity index (χ0) is 28.8. The van der Waals surface area contributed by atoms with Crippen LogP contribution in [-0.2, 0) is 10.8 Å². The molecule has 0 atom stereocenters. The van der Waals surface area contributed by atoms with Crippen LogP contribution >= 0.6 is 56.8 Å². The number of benzene rings is 2. The van der Waals surface area contributed by atoms with E-state index in [1.165, 1.54) is 52.2 Å². The standard InChI is InChI=1S/C35H40ClI2N2/c1-7-19-39-29-15-13-25(37)21-27(29)34(3,4)31(39)17-11-23-9-10-24(33(23)36)12-18-32-35(5,6)28-22-26(38)14-16-30(28)40(32)20-8-2/h11-18,21-22H,7-10,19-20H2,1-6H3/q+1. The molecule has 0 unspecified atom stereocenters. The van der Waals surface area contributed by atoms with Gasteiger partial charge in [-0.2, -0.15) is 4.58 Å². The summed E-state index contributed by atoms with van der Waals surface area (Å²) in [6, 6.07) is 13.7. The maximum absolute atomic E-state index is 7.06. The average Bonchev–Trinajstić information content (AvgIpc) is 3.43. The molecule has 2 aromatic carbocycles. The molecule has 3 aliphatic rings. The second-order valence-corrected chi connectivity index (χ2v) is 15.0. The van der Waals surface area contributed by atoms with E-state index in [9.17, 15) is 0 Å². The molecule has 2 nitrogen and oxygen atoms in total. The van der Waals surface area contributed by atoms with Gasteiger partial charge in [0.05, 0.1) is 5.41 Å². The molecule has 0 fully saturated rings. The minimum atomic E-state index is -0.0411. The van der Waals surface area contributed by atoms with Crippen molar-refractivity contribution in [3.05, 3.63) is 101 Å². The Bertz CT molecular complexity index is 1500. The summed E-state index contributed by atoms with van der Waals surface area (Å²) in [4.78, 5) is 2.51. The molecule has 5 rings (SSSR count). The van der Waals surface area contributed by atoms with Crippen molar-refractivity contribution in [2.45, 2.75) is 78.1 Å². The number of nitrogens with zero attached hydrogens (tertiary/aromatic N) is 2. The topological polar surface area (TPSA) is 6.25 Å². The lowest BCUT2D eigenvalue weighted by Crippen LogP contribution is -2.28. The van der Waals surface area contributed by atoms with Gasteiger partial charge in [-0.05, 0) is 131 Å². The normalized spacial score (nSPS) is 21.5. The molecule has 2 heterocycles. The monoisotopic (exact) mass is 777 g/mol. The first-order chi connectivity index (χ1) is 19.0. The third kappa shape index (κ3) is 5.30. The molecule has 0 N–H and O–H groups in total. The van der Waals surface area contributed by atoms with E-state index in [4.69, 9.17) is 11.6 Å². The number of anilines is 1. The van der Waals surface area contributed by atoms with Crippen LogP contribution < -0.4 is 4.90 Å². The second kappa shape index (κ2) is 11.7. The van der Waals surface area contributed by atoms with Gasteiger partial charge in [0.2, 0.25) is 5.69 Å². The Hall–Kier alpha value is -1.38. The molecule has 1 aliphatic carbocycles. The third-order valence-electron chi connectivity index (χ3n) is 8.71. The third-order valence-corrected chi connectivity index (χ3v) is 10.5. The van der Waals surface area contributed by atoms with Crippen LogP contribution in [0.4, 0.5) is 11.4 Å². The minimum absolute atomic E-state index is 0.0411. The fourth-order valence-electron chi connectivity index (χ4n) is 6.59. The molecule has 0 radical (unpaired) electrons. The molecule has 0 saturated carbocycles. The van der Waals surface area contributed by atoms with Crippen LogP contribution in [0.3, 0.4) is 0 Å². The van der Waals surface area contributed by atoms with Crippen LogP contribution in [0, 0.1) is 7.14 Å². The van der Waals surface area contributed by atoms with Crippen molar-refractivity contribution in [3.8, 4) is 0 Å². The van der Waals surface area contributed by atoms with Crippen LogP contribution in [0.5, 0.6) is 0 Å². The quantitative estimate of drug-likeness (QED) is 0.201. The van der Waals surface area contributed by atoms with Crippen LogP contribution in [0.1, 0.15) is 78.4 Å². The van der Waals surface area contributed by atoms with E-state index in [1.54, 1.807) is 0 Å². The summed E-state index contributed by atoms with van der Waals surface area (Å²) in [6.45, 7) is 16.0. The molecular weight excluding hydrogens is 738 g/mol. The smallest absolute Gasteiger partial charge is 0.209 e. The van der Waals surface area contributed by atoms with Crippen LogP contribution in [-0.4, -0.2) is 23.4 Å². The van der Waals surface area contributed by atoms with Crippen LogP contribution in [0.2, 0.25) is 0 Å². The van der Waals surface area contributed by atoms with Gasteiger partial charge in [0, 0.05) is 59.6 Å². The van der Waals surface area contributed by atoms with Crippen molar-refractivity contribution in [1.29, 1.82) is 0 Å². The molecule has 2 aliphatic heterocycles. The lowest BCUT2D eigenvalue weighted by molar-refractivity contribution is -0.437. The summed E-state index contributed by atoms with van der Waals surface area (Å²) in [7, 11) is 0. The summed E-state index contributed by atoms with van der Waals surface area (Å²) < 4.78 is 5.09. The number of fused-ring (bicyclic) bond motifs is 2. The van der Waals surface area contributed by atoms with Gasteiger partial charge in [-0.3, -0.25) is 0 Å². The fraction of sp³-hybridized carbons (Fsp3) is 0.400. The van der Waals surface area contributed by atoms with E-state index in [-0.39, 0.29) is 10.8 Å². The molecule has 0 spiro atoms. The van der Waals surface area contributed by atoms with Crippen molar-refractivity contribution in [3.63, 3.8) is 0 Å². The van der Waals surface area contributed by atoms with Crippen molar-refractivity contribution < 1.29 is 4.58 Å². The Labute approximate surface area is 273 Å². The van der Waals surface area contributed by atoms with Gasteiger partial charge in [-0.25, -0.2) is 0 Å². The summed E-state index contributed by atoms with van der Waals surface area (Å²) in [5, 5.41) is 0.920. The second-order valence-electron chi connectivity index (χ2n) is 12.2. The predicted octanol–water partition coefficient (Wildman–Crippen LogP) is 10.5. The fourth-order valence-corrected chi connectivity index (χ4v) is 7.89. The highest BCUT2D eigenvalue weighted by Gasteiger charge is 2.44. The van der Waals surface area contributed by atoms with Gasteiger partial charge in [0.1, 0.15) is 6.54 Å². The maximum Gasteiger partial charge on any atom is 0.209 e. The van der Waals surface area contributed by atoms with E-state index in [0.717, 1.165) is 43.8 Å². The Morgan fingerprint density at radius 1 is 0.875 bits per heavy atom. The molecule has 40 heavy (non-hydrogen) atoms. The van der Waals surface area contributed by atoms with Crippen molar-refractivity contribution in [2.24, 2.45) is 0 Å². The van der Waals surface area contributed by atoms with Gasteiger partial charge >= 0.3 is 0 Å². The molecule has 5 heteroatoms. The van der Waals surface area contributed by atoms with E-state index in [1.807, 2.05) is 0 Å². The average molecular weight is 778 g/mol. The summed E-state index contributed by atoms with van der Waals surface area (Å²) in [5.74, 6) is 0. The number of halogens is 3. The Morgan fingerprint density at radius 3 is 2.27 bits per heavy atom. The largest absolute Gasteiger partial charge is 0.344 e. The Balaban J connectivity index is 1.47. The Morgan fingerprint density at radius 2 is 1.57 bits per heavy atom. The number of hydrogen-bond donors (Lipinski definition) is 0. The molecule has 2 aromatic rings. The molecule has 0 amide bonds. The van der Waals surface area contributed by atoms with E-state index in [0.29, 0.717) is 0 Å². The highest BCUT2D eigenvalue weighted by molar-refractivity contribution is 14.1. The maximum atomic E-state index is 7.06. The van der Waals surface area contributed by atoms with Crippen LogP contribution in [0.25, 0.3) is 0 Å².